The van der Waals surface area contributed by atoms with E-state index in [1.165, 1.54) is 59.3 Å². The summed E-state index contributed by atoms with van der Waals surface area (Å²) in [6.07, 6.45) is 4.97. The van der Waals surface area contributed by atoms with Gasteiger partial charge in [-0.15, -0.1) is 0 Å². The van der Waals surface area contributed by atoms with E-state index in [4.69, 9.17) is 4.74 Å². The molecule has 2 nitrogen and oxygen atoms in total. The maximum atomic E-state index is 6.50. The Morgan fingerprint density at radius 1 is 0.923 bits per heavy atom. The Kier molecular flexibility index (Phi) is 4.79. The van der Waals surface area contributed by atoms with E-state index in [0.717, 1.165) is 18.6 Å². The van der Waals surface area contributed by atoms with Crippen LogP contribution in [-0.4, -0.2) is 25.0 Å². The fraction of sp³-hybridized carbons (Fsp3) is 0.500. The maximum Gasteiger partial charge on any atom is 0.125 e. The maximum absolute atomic E-state index is 6.50. The third-order valence-corrected chi connectivity index (χ3v) is 6.27. The number of likely N-dealkylation sites (tertiary alicyclic amines) is 1. The topological polar surface area (TPSA) is 12.5 Å². The lowest BCUT2D eigenvalue weighted by atomic mass is 9.89. The van der Waals surface area contributed by atoms with E-state index >= 15 is 0 Å². The SMILES string of the molecule is Cc1cc(C)c2c(c1)CCC2Oc1ccc(C2CCN(C)CC2)cc1C. The van der Waals surface area contributed by atoms with Crippen molar-refractivity contribution in [1.29, 1.82) is 0 Å². The second kappa shape index (κ2) is 7.08. The van der Waals surface area contributed by atoms with Crippen LogP contribution in [0.4, 0.5) is 0 Å². The number of fused-ring (bicyclic) bond motifs is 1. The van der Waals surface area contributed by atoms with Crippen molar-refractivity contribution < 1.29 is 4.74 Å². The lowest BCUT2D eigenvalue weighted by molar-refractivity contribution is 0.205. The van der Waals surface area contributed by atoms with Crippen LogP contribution in [0.15, 0.2) is 30.3 Å². The Hall–Kier alpha value is -1.80. The summed E-state index contributed by atoms with van der Waals surface area (Å²) in [6.45, 7) is 9.03. The van der Waals surface area contributed by atoms with Gasteiger partial charge in [0.05, 0.1) is 0 Å². The van der Waals surface area contributed by atoms with Crippen molar-refractivity contribution in [2.75, 3.05) is 20.1 Å². The molecule has 26 heavy (non-hydrogen) atoms. The van der Waals surface area contributed by atoms with Gasteiger partial charge in [-0.2, -0.15) is 0 Å². The molecule has 4 rings (SSSR count). The number of nitrogens with zero attached hydrogens (tertiary/aromatic N) is 1. The molecular formula is C24H31NO. The zero-order chi connectivity index (χ0) is 18.3. The zero-order valence-corrected chi connectivity index (χ0v) is 16.6. The van der Waals surface area contributed by atoms with Crippen molar-refractivity contribution in [3.8, 4) is 5.75 Å². The van der Waals surface area contributed by atoms with E-state index in [-0.39, 0.29) is 6.10 Å². The largest absolute Gasteiger partial charge is 0.485 e. The Morgan fingerprint density at radius 2 is 1.69 bits per heavy atom. The average Bonchev–Trinajstić information content (AvgIpc) is 3.00. The summed E-state index contributed by atoms with van der Waals surface area (Å²) in [5, 5.41) is 0. The number of hydrogen-bond donors (Lipinski definition) is 0. The minimum absolute atomic E-state index is 0.207. The Labute approximate surface area is 158 Å². The molecule has 0 spiro atoms. The van der Waals surface area contributed by atoms with E-state index in [0.29, 0.717) is 5.92 Å². The summed E-state index contributed by atoms with van der Waals surface area (Å²) >= 11 is 0. The van der Waals surface area contributed by atoms with Crippen molar-refractivity contribution in [2.24, 2.45) is 0 Å². The van der Waals surface area contributed by atoms with Crippen LogP contribution in [0.3, 0.4) is 0 Å². The highest BCUT2D eigenvalue weighted by Crippen LogP contribution is 2.39. The Morgan fingerprint density at radius 3 is 2.42 bits per heavy atom. The van der Waals surface area contributed by atoms with Gasteiger partial charge in [-0.3, -0.25) is 0 Å². The van der Waals surface area contributed by atoms with Crippen molar-refractivity contribution in [3.63, 3.8) is 0 Å². The molecule has 1 atom stereocenters. The normalized spacial score (nSPS) is 21.0. The van der Waals surface area contributed by atoms with Gasteiger partial charge in [-0.05, 0) is 106 Å². The summed E-state index contributed by atoms with van der Waals surface area (Å²) in [5.74, 6) is 1.76. The van der Waals surface area contributed by atoms with Gasteiger partial charge in [0, 0.05) is 0 Å². The molecule has 138 valence electrons. The second-order valence-electron chi connectivity index (χ2n) is 8.40. The van der Waals surface area contributed by atoms with Crippen LogP contribution in [0.2, 0.25) is 0 Å². The lowest BCUT2D eigenvalue weighted by Gasteiger charge is -2.29. The van der Waals surface area contributed by atoms with Gasteiger partial charge in [0.2, 0.25) is 0 Å². The minimum Gasteiger partial charge on any atom is -0.485 e. The first kappa shape index (κ1) is 17.6. The molecule has 1 saturated heterocycles. The van der Waals surface area contributed by atoms with Crippen LogP contribution in [0.5, 0.6) is 5.75 Å². The third kappa shape index (κ3) is 3.40. The molecule has 2 heteroatoms. The van der Waals surface area contributed by atoms with Crippen LogP contribution >= 0.6 is 0 Å². The van der Waals surface area contributed by atoms with Crippen molar-refractivity contribution in [3.05, 3.63) is 63.7 Å². The fourth-order valence-electron chi connectivity index (χ4n) is 4.84. The summed E-state index contributed by atoms with van der Waals surface area (Å²) in [4.78, 5) is 2.43. The molecule has 0 amide bonds. The summed E-state index contributed by atoms with van der Waals surface area (Å²) in [7, 11) is 2.22. The first-order valence-corrected chi connectivity index (χ1v) is 10.1. The number of rotatable bonds is 3. The van der Waals surface area contributed by atoms with Crippen LogP contribution in [-0.2, 0) is 6.42 Å². The van der Waals surface area contributed by atoms with Gasteiger partial charge in [0.1, 0.15) is 11.9 Å². The van der Waals surface area contributed by atoms with Crippen molar-refractivity contribution in [1.82, 2.24) is 4.90 Å². The first-order chi connectivity index (χ1) is 12.5. The smallest absolute Gasteiger partial charge is 0.125 e. The van der Waals surface area contributed by atoms with Gasteiger partial charge in [-0.25, -0.2) is 0 Å². The molecule has 1 aliphatic carbocycles. The lowest BCUT2D eigenvalue weighted by Crippen LogP contribution is -2.29. The molecule has 2 aromatic rings. The molecule has 0 aromatic heterocycles. The van der Waals surface area contributed by atoms with Crippen molar-refractivity contribution >= 4 is 0 Å². The number of piperidine rings is 1. The molecule has 2 aromatic carbocycles. The predicted octanol–water partition coefficient (Wildman–Crippen LogP) is 5.49. The molecule has 0 radical (unpaired) electrons. The average molecular weight is 350 g/mol. The van der Waals surface area contributed by atoms with E-state index in [2.05, 4.69) is 63.1 Å². The van der Waals surface area contributed by atoms with E-state index in [1.807, 2.05) is 0 Å². The summed E-state index contributed by atoms with van der Waals surface area (Å²) in [6, 6.07) is 11.5. The molecule has 1 fully saturated rings. The summed E-state index contributed by atoms with van der Waals surface area (Å²) < 4.78 is 6.50. The van der Waals surface area contributed by atoms with Gasteiger partial charge < -0.3 is 9.64 Å². The Bertz CT molecular complexity index is 802. The molecule has 1 heterocycles. The second-order valence-corrected chi connectivity index (χ2v) is 8.40. The quantitative estimate of drug-likeness (QED) is 0.727. The van der Waals surface area contributed by atoms with Crippen molar-refractivity contribution in [2.45, 2.75) is 58.5 Å². The van der Waals surface area contributed by atoms with Gasteiger partial charge in [-0.1, -0.05) is 29.8 Å². The van der Waals surface area contributed by atoms with Crippen LogP contribution < -0.4 is 4.74 Å². The molecule has 0 bridgehead atoms. The molecule has 1 unspecified atom stereocenters. The number of hydrogen-bond acceptors (Lipinski definition) is 2. The van der Waals surface area contributed by atoms with Crippen LogP contribution in [0.1, 0.15) is 64.7 Å². The van der Waals surface area contributed by atoms with E-state index < -0.39 is 0 Å². The molecule has 1 aliphatic heterocycles. The van der Waals surface area contributed by atoms with Gasteiger partial charge in [0.15, 0.2) is 0 Å². The van der Waals surface area contributed by atoms with Gasteiger partial charge in [0.25, 0.3) is 0 Å². The van der Waals surface area contributed by atoms with Crippen LogP contribution in [0.25, 0.3) is 0 Å². The fourth-order valence-corrected chi connectivity index (χ4v) is 4.84. The highest BCUT2D eigenvalue weighted by Gasteiger charge is 2.27. The first-order valence-electron chi connectivity index (χ1n) is 10.1. The minimum atomic E-state index is 0.207. The third-order valence-electron chi connectivity index (χ3n) is 6.27. The standard InChI is InChI=1S/C24H31NO/c1-16-13-18(3)24-21(14-16)6-8-23(24)26-22-7-5-20(15-17(22)2)19-9-11-25(4)12-10-19/h5,7,13-15,19,23H,6,8-12H2,1-4H3. The van der Waals surface area contributed by atoms with E-state index in [1.54, 1.807) is 0 Å². The van der Waals surface area contributed by atoms with Gasteiger partial charge >= 0.3 is 0 Å². The Balaban J connectivity index is 1.52. The zero-order valence-electron chi connectivity index (χ0n) is 16.6. The summed E-state index contributed by atoms with van der Waals surface area (Å²) in [5.41, 5.74) is 8.41. The molecule has 2 aliphatic rings. The molecule has 0 N–H and O–H groups in total. The molecule has 0 saturated carbocycles. The van der Waals surface area contributed by atoms with E-state index in [9.17, 15) is 0 Å². The molecular weight excluding hydrogens is 318 g/mol. The number of ether oxygens (including phenoxy) is 1. The van der Waals surface area contributed by atoms with Crippen LogP contribution in [0, 0.1) is 20.8 Å². The number of aryl methyl sites for hydroxylation is 4. The monoisotopic (exact) mass is 349 g/mol. The highest BCUT2D eigenvalue weighted by atomic mass is 16.5. The highest BCUT2D eigenvalue weighted by molar-refractivity contribution is 5.44. The number of benzene rings is 2. The predicted molar refractivity (Wildman–Crippen MR) is 108 cm³/mol.